The average Bonchev–Trinajstić information content (AvgIpc) is 2.36. The second-order valence-corrected chi connectivity index (χ2v) is 8.67. The quantitative estimate of drug-likeness (QED) is 0.664. The molecule has 0 amide bonds. The van der Waals surface area contributed by atoms with Gasteiger partial charge < -0.3 is 5.11 Å². The van der Waals surface area contributed by atoms with E-state index in [1.807, 2.05) is 6.92 Å². The lowest BCUT2D eigenvalue weighted by Gasteiger charge is -2.55. The van der Waals surface area contributed by atoms with Crippen molar-refractivity contribution in [1.29, 1.82) is 0 Å². The van der Waals surface area contributed by atoms with Gasteiger partial charge in [0, 0.05) is 0 Å². The van der Waals surface area contributed by atoms with E-state index in [1.54, 1.807) is 17.2 Å². The minimum atomic E-state index is -0.735. The Labute approximate surface area is 131 Å². The summed E-state index contributed by atoms with van der Waals surface area (Å²) in [4.78, 5) is 0. The molecule has 21 heavy (non-hydrogen) atoms. The van der Waals surface area contributed by atoms with E-state index in [-0.39, 0.29) is 0 Å². The van der Waals surface area contributed by atoms with Crippen LogP contribution in [0.3, 0.4) is 0 Å². The molecule has 0 aliphatic heterocycles. The van der Waals surface area contributed by atoms with Crippen molar-refractivity contribution in [2.45, 2.75) is 85.2 Å². The van der Waals surface area contributed by atoms with Crippen LogP contribution in [0.25, 0.3) is 0 Å². The normalized spacial score (nSPS) is 35.0. The third kappa shape index (κ3) is 3.13. The molecule has 1 nitrogen and oxygen atoms in total. The summed E-state index contributed by atoms with van der Waals surface area (Å²) in [5.41, 5.74) is 3.31. The predicted molar refractivity (Wildman–Crippen MR) is 91.2 cm³/mol. The second-order valence-electron chi connectivity index (χ2n) is 8.67. The van der Waals surface area contributed by atoms with Crippen molar-refractivity contribution < 1.29 is 5.11 Å². The zero-order valence-electron chi connectivity index (χ0n) is 14.8. The topological polar surface area (TPSA) is 20.2 Å². The Morgan fingerprint density at radius 1 is 1.33 bits per heavy atom. The van der Waals surface area contributed by atoms with E-state index in [0.717, 1.165) is 18.8 Å². The summed E-state index contributed by atoms with van der Waals surface area (Å²) in [6.45, 7) is 15.4. The molecule has 0 spiro atoms. The van der Waals surface area contributed by atoms with E-state index in [9.17, 15) is 5.11 Å². The highest BCUT2D eigenvalue weighted by Crippen LogP contribution is 2.60. The lowest BCUT2D eigenvalue weighted by Crippen LogP contribution is -2.45. The smallest absolute Gasteiger partial charge is 0.0800 e. The van der Waals surface area contributed by atoms with Gasteiger partial charge in [-0.3, -0.25) is 0 Å². The van der Waals surface area contributed by atoms with Crippen LogP contribution >= 0.6 is 0 Å². The van der Waals surface area contributed by atoms with Gasteiger partial charge in [-0.1, -0.05) is 44.4 Å². The molecule has 120 valence electrons. The molecule has 3 atom stereocenters. The van der Waals surface area contributed by atoms with Crippen LogP contribution in [0.1, 0.15) is 79.6 Å². The largest absolute Gasteiger partial charge is 0.386 e. The highest BCUT2D eigenvalue weighted by molar-refractivity contribution is 5.27. The van der Waals surface area contributed by atoms with E-state index in [0.29, 0.717) is 10.8 Å². The molecular formula is C20H34O. The maximum atomic E-state index is 10.3. The molecule has 0 heterocycles. The lowest BCUT2D eigenvalue weighted by atomic mass is 9.50. The van der Waals surface area contributed by atoms with Crippen LogP contribution in [0.15, 0.2) is 23.8 Å². The molecule has 3 unspecified atom stereocenters. The van der Waals surface area contributed by atoms with Gasteiger partial charge in [0.1, 0.15) is 0 Å². The zero-order chi connectivity index (χ0) is 15.9. The van der Waals surface area contributed by atoms with Gasteiger partial charge in [-0.2, -0.15) is 0 Å². The van der Waals surface area contributed by atoms with E-state index >= 15 is 0 Å². The molecule has 1 fully saturated rings. The molecule has 1 N–H and O–H groups in total. The molecule has 0 aromatic rings. The summed E-state index contributed by atoms with van der Waals surface area (Å²) >= 11 is 0. The van der Waals surface area contributed by atoms with Gasteiger partial charge in [-0.25, -0.2) is 0 Å². The molecule has 0 bridgehead atoms. The number of fused-ring (bicyclic) bond motifs is 1. The van der Waals surface area contributed by atoms with Crippen LogP contribution in [0.2, 0.25) is 0 Å². The SMILES string of the molecule is C=CC(C)(O)CCC1=C(C)CCC2C(C)(C)CCCC12C. The fourth-order valence-corrected chi connectivity index (χ4v) is 5.17. The molecule has 2 rings (SSSR count). The summed E-state index contributed by atoms with van der Waals surface area (Å²) < 4.78 is 0. The van der Waals surface area contributed by atoms with Crippen molar-refractivity contribution >= 4 is 0 Å². The molecule has 0 saturated heterocycles. The minimum absolute atomic E-state index is 0.349. The number of allylic oxidation sites excluding steroid dienone is 2. The van der Waals surface area contributed by atoms with E-state index in [1.165, 1.54) is 32.1 Å². The number of rotatable bonds is 4. The van der Waals surface area contributed by atoms with Gasteiger partial charge in [0.25, 0.3) is 0 Å². The summed E-state index contributed by atoms with van der Waals surface area (Å²) in [6, 6.07) is 0. The molecule has 1 saturated carbocycles. The first kappa shape index (κ1) is 16.8. The summed E-state index contributed by atoms with van der Waals surface area (Å²) in [5, 5.41) is 10.3. The van der Waals surface area contributed by atoms with Crippen LogP contribution in [0, 0.1) is 16.7 Å². The van der Waals surface area contributed by atoms with E-state index in [4.69, 9.17) is 0 Å². The predicted octanol–water partition coefficient (Wildman–Crippen LogP) is 5.65. The number of hydrogen-bond donors (Lipinski definition) is 1. The molecule has 0 radical (unpaired) electrons. The van der Waals surface area contributed by atoms with Crippen molar-refractivity contribution in [3.63, 3.8) is 0 Å². The standard InChI is InChI=1S/C20H34O/c1-7-19(5,21)14-11-16-15(2)9-10-17-18(3,4)12-8-13-20(16,17)6/h7,17,21H,1,8-14H2,2-6H3. The Morgan fingerprint density at radius 2 is 2.00 bits per heavy atom. The minimum Gasteiger partial charge on any atom is -0.386 e. The van der Waals surface area contributed by atoms with Gasteiger partial charge in [-0.15, -0.1) is 6.58 Å². The first-order chi connectivity index (χ1) is 9.62. The number of aliphatic hydroxyl groups is 1. The first-order valence-corrected chi connectivity index (χ1v) is 8.67. The highest BCUT2D eigenvalue weighted by Gasteiger charge is 2.49. The maximum Gasteiger partial charge on any atom is 0.0800 e. The van der Waals surface area contributed by atoms with Crippen LogP contribution in [0.5, 0.6) is 0 Å². The van der Waals surface area contributed by atoms with Gasteiger partial charge in [0.15, 0.2) is 0 Å². The Kier molecular flexibility index (Phi) is 4.46. The van der Waals surface area contributed by atoms with Crippen molar-refractivity contribution in [3.8, 4) is 0 Å². The Hall–Kier alpha value is -0.560. The molecule has 0 aromatic carbocycles. The summed E-state index contributed by atoms with van der Waals surface area (Å²) in [5.74, 6) is 0.797. The van der Waals surface area contributed by atoms with Gasteiger partial charge in [0.05, 0.1) is 5.60 Å². The van der Waals surface area contributed by atoms with Crippen molar-refractivity contribution in [3.05, 3.63) is 23.8 Å². The van der Waals surface area contributed by atoms with Crippen LogP contribution in [0.4, 0.5) is 0 Å². The van der Waals surface area contributed by atoms with Crippen LogP contribution in [-0.2, 0) is 0 Å². The van der Waals surface area contributed by atoms with Crippen molar-refractivity contribution in [2.75, 3.05) is 0 Å². The fraction of sp³-hybridized carbons (Fsp3) is 0.800. The molecular weight excluding hydrogens is 256 g/mol. The zero-order valence-corrected chi connectivity index (χ0v) is 14.8. The summed E-state index contributed by atoms with van der Waals surface area (Å²) in [7, 11) is 0. The third-order valence-corrected chi connectivity index (χ3v) is 6.56. The Morgan fingerprint density at radius 3 is 2.62 bits per heavy atom. The molecule has 2 aliphatic carbocycles. The average molecular weight is 290 g/mol. The molecule has 0 aromatic heterocycles. The van der Waals surface area contributed by atoms with Gasteiger partial charge in [0.2, 0.25) is 0 Å². The van der Waals surface area contributed by atoms with Crippen molar-refractivity contribution in [1.82, 2.24) is 0 Å². The second kappa shape index (κ2) is 5.57. The first-order valence-electron chi connectivity index (χ1n) is 8.67. The number of hydrogen-bond acceptors (Lipinski definition) is 1. The van der Waals surface area contributed by atoms with E-state index < -0.39 is 5.60 Å². The Bertz CT molecular complexity index is 441. The van der Waals surface area contributed by atoms with Crippen LogP contribution in [-0.4, -0.2) is 10.7 Å². The monoisotopic (exact) mass is 290 g/mol. The maximum absolute atomic E-state index is 10.3. The fourth-order valence-electron chi connectivity index (χ4n) is 5.17. The van der Waals surface area contributed by atoms with Crippen LogP contribution < -0.4 is 0 Å². The summed E-state index contributed by atoms with van der Waals surface area (Å²) in [6.07, 6.45) is 10.1. The Balaban J connectivity index is 2.27. The lowest BCUT2D eigenvalue weighted by molar-refractivity contribution is 0.00784. The van der Waals surface area contributed by atoms with Gasteiger partial charge >= 0.3 is 0 Å². The van der Waals surface area contributed by atoms with E-state index in [2.05, 4.69) is 34.3 Å². The highest BCUT2D eigenvalue weighted by atomic mass is 16.3. The molecule has 1 heteroatoms. The molecule has 2 aliphatic rings. The third-order valence-electron chi connectivity index (χ3n) is 6.56. The van der Waals surface area contributed by atoms with Crippen molar-refractivity contribution in [2.24, 2.45) is 16.7 Å². The van der Waals surface area contributed by atoms with Gasteiger partial charge in [-0.05, 0) is 69.1 Å².